The number of pyridine rings is 1. The SMILES string of the molecule is COc1ccc(Cn2cc(C(=O)O)c3nn(-c4ccccc4)c(=O)c-3c2)cc1. The van der Waals surface area contributed by atoms with Gasteiger partial charge < -0.3 is 14.4 Å². The largest absolute Gasteiger partial charge is 0.497 e. The molecule has 0 bridgehead atoms. The van der Waals surface area contributed by atoms with Crippen LogP contribution < -0.4 is 10.3 Å². The van der Waals surface area contributed by atoms with Crippen LogP contribution in [0.25, 0.3) is 16.9 Å². The first kappa shape index (κ1) is 17.5. The number of rotatable bonds is 5. The molecule has 2 aliphatic heterocycles. The van der Waals surface area contributed by atoms with E-state index in [2.05, 4.69) is 5.10 Å². The zero-order valence-electron chi connectivity index (χ0n) is 15.1. The lowest BCUT2D eigenvalue weighted by Crippen LogP contribution is -2.15. The van der Waals surface area contributed by atoms with Gasteiger partial charge in [-0.05, 0) is 29.8 Å². The lowest BCUT2D eigenvalue weighted by Gasteiger charge is -2.11. The molecule has 0 saturated heterocycles. The van der Waals surface area contributed by atoms with Gasteiger partial charge >= 0.3 is 5.97 Å². The monoisotopic (exact) mass is 375 g/mol. The van der Waals surface area contributed by atoms with Crippen molar-refractivity contribution in [2.24, 2.45) is 0 Å². The van der Waals surface area contributed by atoms with Crippen LogP contribution in [0.5, 0.6) is 5.75 Å². The quantitative estimate of drug-likeness (QED) is 0.580. The van der Waals surface area contributed by atoms with Crippen LogP contribution in [-0.4, -0.2) is 32.5 Å². The summed E-state index contributed by atoms with van der Waals surface area (Å²) in [5.74, 6) is -0.395. The molecule has 0 fully saturated rings. The third-order valence-corrected chi connectivity index (χ3v) is 4.48. The first-order chi connectivity index (χ1) is 13.6. The summed E-state index contributed by atoms with van der Waals surface area (Å²) in [6, 6.07) is 16.4. The minimum absolute atomic E-state index is 0.0159. The van der Waals surface area contributed by atoms with Crippen molar-refractivity contribution in [2.45, 2.75) is 6.54 Å². The van der Waals surface area contributed by atoms with Crippen molar-refractivity contribution in [1.82, 2.24) is 14.3 Å². The van der Waals surface area contributed by atoms with Gasteiger partial charge in [0, 0.05) is 18.9 Å². The zero-order chi connectivity index (χ0) is 19.7. The fourth-order valence-electron chi connectivity index (χ4n) is 3.09. The van der Waals surface area contributed by atoms with Crippen molar-refractivity contribution >= 4 is 5.97 Å². The van der Waals surface area contributed by atoms with Crippen molar-refractivity contribution in [1.29, 1.82) is 0 Å². The summed E-state index contributed by atoms with van der Waals surface area (Å²) in [6.07, 6.45) is 3.14. The van der Waals surface area contributed by atoms with Gasteiger partial charge in [-0.3, -0.25) is 4.79 Å². The molecule has 2 aromatic rings. The fraction of sp³-hybridized carbons (Fsp3) is 0.0952. The third-order valence-electron chi connectivity index (χ3n) is 4.48. The number of nitrogens with zero attached hydrogens (tertiary/aromatic N) is 3. The highest BCUT2D eigenvalue weighted by Gasteiger charge is 2.24. The van der Waals surface area contributed by atoms with Crippen LogP contribution in [0.2, 0.25) is 0 Å². The molecule has 2 aliphatic rings. The lowest BCUT2D eigenvalue weighted by atomic mass is 10.1. The number of hydrogen-bond donors (Lipinski definition) is 1. The fourth-order valence-corrected chi connectivity index (χ4v) is 3.09. The number of carboxylic acid groups (broad SMARTS) is 1. The molecule has 0 radical (unpaired) electrons. The van der Waals surface area contributed by atoms with Gasteiger partial charge in [-0.1, -0.05) is 30.3 Å². The van der Waals surface area contributed by atoms with Gasteiger partial charge in [0.15, 0.2) is 0 Å². The molecule has 7 heteroatoms. The number of fused-ring (bicyclic) bond motifs is 1. The second kappa shape index (κ2) is 7.03. The topological polar surface area (TPSA) is 86.3 Å². The minimum Gasteiger partial charge on any atom is -0.497 e. The molecule has 0 amide bonds. The molecule has 0 aliphatic carbocycles. The van der Waals surface area contributed by atoms with Gasteiger partial charge in [0.2, 0.25) is 0 Å². The molecular weight excluding hydrogens is 358 g/mol. The average Bonchev–Trinajstić information content (AvgIpc) is 3.05. The number of methoxy groups -OCH3 is 1. The molecule has 0 aromatic heterocycles. The molecule has 140 valence electrons. The normalized spacial score (nSPS) is 10.9. The summed E-state index contributed by atoms with van der Waals surface area (Å²) in [6.45, 7) is 0.413. The predicted octanol–water partition coefficient (Wildman–Crippen LogP) is 2.89. The van der Waals surface area contributed by atoms with E-state index in [-0.39, 0.29) is 22.4 Å². The third kappa shape index (κ3) is 3.14. The van der Waals surface area contributed by atoms with Crippen LogP contribution in [0, 0.1) is 0 Å². The molecule has 0 saturated carbocycles. The first-order valence-electron chi connectivity index (χ1n) is 8.61. The molecular formula is C21H17N3O4. The lowest BCUT2D eigenvalue weighted by molar-refractivity contribution is 0.0696. The van der Waals surface area contributed by atoms with Gasteiger partial charge in [-0.25, -0.2) is 4.79 Å². The van der Waals surface area contributed by atoms with E-state index in [1.54, 1.807) is 42.1 Å². The molecule has 1 N–H and O–H groups in total. The van der Waals surface area contributed by atoms with Gasteiger partial charge in [0.1, 0.15) is 17.0 Å². The van der Waals surface area contributed by atoms with Crippen LogP contribution >= 0.6 is 0 Å². The number of aromatic carboxylic acids is 1. The molecule has 0 unspecified atom stereocenters. The maximum atomic E-state index is 12.9. The Labute approximate surface area is 160 Å². The Morgan fingerprint density at radius 2 is 1.79 bits per heavy atom. The van der Waals surface area contributed by atoms with E-state index in [9.17, 15) is 14.7 Å². The highest BCUT2D eigenvalue weighted by molar-refractivity contribution is 5.94. The van der Waals surface area contributed by atoms with Crippen molar-refractivity contribution in [2.75, 3.05) is 7.11 Å². The van der Waals surface area contributed by atoms with E-state index in [1.165, 1.54) is 10.9 Å². The summed E-state index contributed by atoms with van der Waals surface area (Å²) in [5, 5.41) is 13.9. The molecule has 4 rings (SSSR count). The van der Waals surface area contributed by atoms with E-state index >= 15 is 0 Å². The standard InChI is InChI=1S/C21H17N3O4/c1-28-16-9-7-14(8-10-16)11-23-12-17-19(18(13-23)21(26)27)22-24(20(17)25)15-5-3-2-4-6-15/h2-10,12-13H,11H2,1H3,(H,26,27). The summed E-state index contributed by atoms with van der Waals surface area (Å²) in [4.78, 5) is 24.6. The van der Waals surface area contributed by atoms with Crippen LogP contribution in [0.15, 0.2) is 71.8 Å². The van der Waals surface area contributed by atoms with E-state index in [1.807, 2.05) is 30.3 Å². The van der Waals surface area contributed by atoms with Crippen LogP contribution in [0.1, 0.15) is 15.9 Å². The molecule has 2 aromatic carbocycles. The average molecular weight is 375 g/mol. The Balaban J connectivity index is 1.82. The Bertz CT molecular complexity index is 1160. The number of carboxylic acids is 1. The number of hydrogen-bond acceptors (Lipinski definition) is 4. The van der Waals surface area contributed by atoms with Gasteiger partial charge in [-0.2, -0.15) is 9.78 Å². The predicted molar refractivity (Wildman–Crippen MR) is 104 cm³/mol. The Morgan fingerprint density at radius 1 is 1.07 bits per heavy atom. The Hall–Kier alpha value is -3.87. The highest BCUT2D eigenvalue weighted by Crippen LogP contribution is 2.23. The van der Waals surface area contributed by atoms with Gasteiger partial charge in [0.05, 0.1) is 18.4 Å². The number of benzene rings is 2. The van der Waals surface area contributed by atoms with Crippen LogP contribution in [0.3, 0.4) is 0 Å². The number of ether oxygens (including phenoxy) is 1. The summed E-state index contributed by atoms with van der Waals surface area (Å²) in [7, 11) is 1.59. The second-order valence-corrected chi connectivity index (χ2v) is 6.31. The van der Waals surface area contributed by atoms with Crippen LogP contribution in [-0.2, 0) is 6.54 Å². The van der Waals surface area contributed by atoms with Crippen molar-refractivity contribution < 1.29 is 14.6 Å². The second-order valence-electron chi connectivity index (χ2n) is 6.31. The number of aromatic nitrogens is 3. The first-order valence-corrected chi connectivity index (χ1v) is 8.61. The highest BCUT2D eigenvalue weighted by atomic mass is 16.5. The Kier molecular flexibility index (Phi) is 4.41. The van der Waals surface area contributed by atoms with Crippen molar-refractivity contribution in [3.63, 3.8) is 0 Å². The smallest absolute Gasteiger partial charge is 0.339 e. The molecule has 0 atom stereocenters. The Morgan fingerprint density at radius 3 is 2.43 bits per heavy atom. The van der Waals surface area contributed by atoms with Crippen LogP contribution in [0.4, 0.5) is 0 Å². The van der Waals surface area contributed by atoms with E-state index < -0.39 is 5.97 Å². The summed E-state index contributed by atoms with van der Waals surface area (Å²) < 4.78 is 8.07. The van der Waals surface area contributed by atoms with E-state index in [0.29, 0.717) is 12.2 Å². The van der Waals surface area contributed by atoms with Crippen molar-refractivity contribution in [3.05, 3.63) is 88.5 Å². The van der Waals surface area contributed by atoms with Gasteiger partial charge in [0.25, 0.3) is 5.56 Å². The number of para-hydroxylation sites is 1. The maximum absolute atomic E-state index is 12.9. The maximum Gasteiger partial charge on any atom is 0.339 e. The molecule has 7 nitrogen and oxygen atoms in total. The molecule has 0 spiro atoms. The summed E-state index contributed by atoms with van der Waals surface area (Å²) in [5.41, 5.74) is 1.60. The number of carbonyl (C=O) groups is 1. The van der Waals surface area contributed by atoms with Crippen molar-refractivity contribution in [3.8, 4) is 22.7 Å². The molecule has 28 heavy (non-hydrogen) atoms. The van der Waals surface area contributed by atoms with E-state index in [4.69, 9.17) is 4.74 Å². The van der Waals surface area contributed by atoms with E-state index in [0.717, 1.165) is 11.3 Å². The van der Waals surface area contributed by atoms with Gasteiger partial charge in [-0.15, -0.1) is 0 Å². The zero-order valence-corrected chi connectivity index (χ0v) is 15.1. The molecule has 2 heterocycles. The minimum atomic E-state index is -1.13. The summed E-state index contributed by atoms with van der Waals surface area (Å²) >= 11 is 0.